The standard InChI is InChI=1S/C20H25NO3S/c1-15(2)18-9-4-16(5-10-18)8-13-20(22)21-14-17-6-11-19(12-7-17)25(3,23)24/h4-7,9-12,15H,8,13-14H2,1-3H3,(H,21,22). The molecule has 1 N–H and O–H groups in total. The first-order valence-corrected chi connectivity index (χ1v) is 10.3. The van der Waals surface area contributed by atoms with Crippen molar-refractivity contribution in [2.24, 2.45) is 0 Å². The summed E-state index contributed by atoms with van der Waals surface area (Å²) in [5, 5.41) is 2.87. The average Bonchev–Trinajstić information content (AvgIpc) is 2.58. The lowest BCUT2D eigenvalue weighted by Crippen LogP contribution is -2.23. The summed E-state index contributed by atoms with van der Waals surface area (Å²) in [6.45, 7) is 4.71. The molecule has 134 valence electrons. The lowest BCUT2D eigenvalue weighted by atomic mass is 10.0. The molecule has 25 heavy (non-hydrogen) atoms. The predicted octanol–water partition coefficient (Wildman–Crippen LogP) is 3.46. The van der Waals surface area contributed by atoms with Crippen LogP contribution in [0, 0.1) is 0 Å². The maximum atomic E-state index is 12.0. The molecule has 0 aromatic heterocycles. The number of hydrogen-bond donors (Lipinski definition) is 1. The molecule has 5 heteroatoms. The molecule has 0 spiro atoms. The molecule has 2 aromatic rings. The van der Waals surface area contributed by atoms with Crippen LogP contribution in [0.25, 0.3) is 0 Å². The molecule has 0 aliphatic carbocycles. The highest BCUT2D eigenvalue weighted by Gasteiger charge is 2.07. The van der Waals surface area contributed by atoms with E-state index in [4.69, 9.17) is 0 Å². The smallest absolute Gasteiger partial charge is 0.220 e. The van der Waals surface area contributed by atoms with Crippen molar-refractivity contribution in [3.63, 3.8) is 0 Å². The number of carbonyl (C=O) groups is 1. The molecular weight excluding hydrogens is 334 g/mol. The SMILES string of the molecule is CC(C)c1ccc(CCC(=O)NCc2ccc(S(C)(=O)=O)cc2)cc1. The van der Waals surface area contributed by atoms with Gasteiger partial charge in [0.2, 0.25) is 5.91 Å². The molecule has 0 unspecified atom stereocenters. The third-order valence-electron chi connectivity index (χ3n) is 4.13. The second-order valence-corrected chi connectivity index (χ2v) is 8.60. The summed E-state index contributed by atoms with van der Waals surface area (Å²) in [6.07, 6.45) is 2.32. The Bertz CT molecular complexity index is 807. The van der Waals surface area contributed by atoms with E-state index in [-0.39, 0.29) is 10.8 Å². The van der Waals surface area contributed by atoms with Gasteiger partial charge in [0.05, 0.1) is 4.90 Å². The van der Waals surface area contributed by atoms with Gasteiger partial charge in [0.1, 0.15) is 0 Å². The summed E-state index contributed by atoms with van der Waals surface area (Å²) in [6, 6.07) is 14.9. The molecule has 0 fully saturated rings. The van der Waals surface area contributed by atoms with E-state index in [2.05, 4.69) is 43.4 Å². The van der Waals surface area contributed by atoms with E-state index in [1.165, 1.54) is 11.8 Å². The fourth-order valence-corrected chi connectivity index (χ4v) is 3.10. The monoisotopic (exact) mass is 359 g/mol. The van der Waals surface area contributed by atoms with Gasteiger partial charge in [-0.2, -0.15) is 0 Å². The lowest BCUT2D eigenvalue weighted by molar-refractivity contribution is -0.121. The van der Waals surface area contributed by atoms with Crippen molar-refractivity contribution >= 4 is 15.7 Å². The first-order chi connectivity index (χ1) is 11.8. The fourth-order valence-electron chi connectivity index (χ4n) is 2.47. The largest absolute Gasteiger partial charge is 0.352 e. The number of sulfone groups is 1. The minimum absolute atomic E-state index is 0.0138. The van der Waals surface area contributed by atoms with Crippen LogP contribution in [0.2, 0.25) is 0 Å². The summed E-state index contributed by atoms with van der Waals surface area (Å²) in [5.74, 6) is 0.492. The Morgan fingerprint density at radius 2 is 1.52 bits per heavy atom. The van der Waals surface area contributed by atoms with Crippen LogP contribution in [0.5, 0.6) is 0 Å². The van der Waals surface area contributed by atoms with Crippen LogP contribution in [0.15, 0.2) is 53.4 Å². The average molecular weight is 359 g/mol. The summed E-state index contributed by atoms with van der Waals surface area (Å²) in [4.78, 5) is 12.3. The number of hydrogen-bond acceptors (Lipinski definition) is 3. The number of aryl methyl sites for hydroxylation is 1. The Kier molecular flexibility index (Phi) is 6.37. The molecule has 0 heterocycles. The molecule has 2 rings (SSSR count). The van der Waals surface area contributed by atoms with E-state index in [0.717, 1.165) is 11.1 Å². The van der Waals surface area contributed by atoms with Crippen LogP contribution in [0.4, 0.5) is 0 Å². The third kappa shape index (κ3) is 6.02. The first kappa shape index (κ1) is 19.2. The topological polar surface area (TPSA) is 63.2 Å². The van der Waals surface area contributed by atoms with E-state index < -0.39 is 9.84 Å². The Morgan fingerprint density at radius 1 is 0.960 bits per heavy atom. The van der Waals surface area contributed by atoms with Crippen LogP contribution in [0.1, 0.15) is 42.9 Å². The van der Waals surface area contributed by atoms with Crippen LogP contribution in [-0.2, 0) is 27.6 Å². The molecule has 0 aliphatic heterocycles. The zero-order valence-corrected chi connectivity index (χ0v) is 15.8. The molecule has 0 aliphatic rings. The van der Waals surface area contributed by atoms with Crippen molar-refractivity contribution in [3.8, 4) is 0 Å². The highest BCUT2D eigenvalue weighted by molar-refractivity contribution is 7.90. The summed E-state index contributed by atoms with van der Waals surface area (Å²) < 4.78 is 22.8. The Labute approximate surface area is 150 Å². The maximum Gasteiger partial charge on any atom is 0.220 e. The minimum Gasteiger partial charge on any atom is -0.352 e. The Balaban J connectivity index is 1.80. The van der Waals surface area contributed by atoms with Gasteiger partial charge in [-0.3, -0.25) is 4.79 Å². The zero-order valence-electron chi connectivity index (χ0n) is 15.0. The van der Waals surface area contributed by atoms with Crippen molar-refractivity contribution in [2.75, 3.05) is 6.26 Å². The van der Waals surface area contributed by atoms with Crippen LogP contribution >= 0.6 is 0 Å². The molecule has 0 bridgehead atoms. The lowest BCUT2D eigenvalue weighted by Gasteiger charge is -2.08. The summed E-state index contributed by atoms with van der Waals surface area (Å²) >= 11 is 0. The highest BCUT2D eigenvalue weighted by atomic mass is 32.2. The predicted molar refractivity (Wildman–Crippen MR) is 100 cm³/mol. The van der Waals surface area contributed by atoms with Crippen molar-refractivity contribution in [2.45, 2.75) is 44.0 Å². The molecule has 0 radical (unpaired) electrons. The van der Waals surface area contributed by atoms with Gasteiger partial charge < -0.3 is 5.32 Å². The molecule has 0 saturated heterocycles. The summed E-state index contributed by atoms with van der Waals surface area (Å²) in [7, 11) is -3.19. The first-order valence-electron chi connectivity index (χ1n) is 8.40. The molecule has 0 atom stereocenters. The van der Waals surface area contributed by atoms with Gasteiger partial charge in [0.15, 0.2) is 9.84 Å². The van der Waals surface area contributed by atoms with Crippen molar-refractivity contribution < 1.29 is 13.2 Å². The van der Waals surface area contributed by atoms with Gasteiger partial charge in [-0.15, -0.1) is 0 Å². The second kappa shape index (κ2) is 8.30. The quantitative estimate of drug-likeness (QED) is 0.823. The van der Waals surface area contributed by atoms with Gasteiger partial charge in [-0.1, -0.05) is 50.2 Å². The van der Waals surface area contributed by atoms with E-state index >= 15 is 0 Å². The second-order valence-electron chi connectivity index (χ2n) is 6.59. The number of carbonyl (C=O) groups excluding carboxylic acids is 1. The number of amides is 1. The van der Waals surface area contributed by atoms with Crippen molar-refractivity contribution in [3.05, 3.63) is 65.2 Å². The van der Waals surface area contributed by atoms with Crippen LogP contribution in [0.3, 0.4) is 0 Å². The van der Waals surface area contributed by atoms with Gasteiger partial charge >= 0.3 is 0 Å². The molecule has 2 aromatic carbocycles. The van der Waals surface area contributed by atoms with E-state index in [0.29, 0.717) is 25.3 Å². The molecule has 1 amide bonds. The highest BCUT2D eigenvalue weighted by Crippen LogP contribution is 2.15. The Hall–Kier alpha value is -2.14. The zero-order chi connectivity index (χ0) is 18.4. The number of rotatable bonds is 7. The summed E-state index contributed by atoms with van der Waals surface area (Å²) in [5.41, 5.74) is 3.32. The number of benzene rings is 2. The minimum atomic E-state index is -3.19. The fraction of sp³-hybridized carbons (Fsp3) is 0.350. The van der Waals surface area contributed by atoms with E-state index in [1.54, 1.807) is 24.3 Å². The van der Waals surface area contributed by atoms with E-state index in [9.17, 15) is 13.2 Å². The Morgan fingerprint density at radius 3 is 2.04 bits per heavy atom. The normalized spacial score (nSPS) is 11.5. The number of nitrogens with one attached hydrogen (secondary N) is 1. The maximum absolute atomic E-state index is 12.0. The molecule has 4 nitrogen and oxygen atoms in total. The molecular formula is C20H25NO3S. The van der Waals surface area contributed by atoms with E-state index in [1.807, 2.05) is 0 Å². The van der Waals surface area contributed by atoms with Crippen molar-refractivity contribution in [1.82, 2.24) is 5.32 Å². The van der Waals surface area contributed by atoms with Gasteiger partial charge in [-0.25, -0.2) is 8.42 Å². The molecule has 0 saturated carbocycles. The van der Waals surface area contributed by atoms with Gasteiger partial charge in [-0.05, 0) is 41.2 Å². The third-order valence-corrected chi connectivity index (χ3v) is 5.26. The van der Waals surface area contributed by atoms with Gasteiger partial charge in [0.25, 0.3) is 0 Å². The van der Waals surface area contributed by atoms with Gasteiger partial charge in [0, 0.05) is 19.2 Å². The van der Waals surface area contributed by atoms with Crippen molar-refractivity contribution in [1.29, 1.82) is 0 Å². The van der Waals surface area contributed by atoms with Crippen LogP contribution < -0.4 is 5.32 Å². The van der Waals surface area contributed by atoms with Crippen LogP contribution in [-0.4, -0.2) is 20.6 Å².